The number of benzene rings is 2. The van der Waals surface area contributed by atoms with Crippen molar-refractivity contribution >= 4 is 17.4 Å². The number of aromatic nitrogens is 2. The topological polar surface area (TPSA) is 66.9 Å². The van der Waals surface area contributed by atoms with E-state index in [1.807, 2.05) is 31.2 Å². The molecule has 132 valence electrons. The van der Waals surface area contributed by atoms with E-state index in [4.69, 9.17) is 0 Å². The molecule has 1 heterocycles. The van der Waals surface area contributed by atoms with Crippen molar-refractivity contribution in [3.05, 3.63) is 83.1 Å². The summed E-state index contributed by atoms with van der Waals surface area (Å²) >= 11 is 0. The van der Waals surface area contributed by atoms with E-state index >= 15 is 0 Å². The van der Waals surface area contributed by atoms with Gasteiger partial charge in [0, 0.05) is 12.6 Å². The third-order valence-corrected chi connectivity index (χ3v) is 3.91. The van der Waals surface area contributed by atoms with Gasteiger partial charge in [-0.1, -0.05) is 36.4 Å². The summed E-state index contributed by atoms with van der Waals surface area (Å²) in [6.45, 7) is 4.09. The number of hydrogen-bond donors (Lipinski definition) is 2. The first-order valence-corrected chi connectivity index (χ1v) is 8.23. The largest absolute Gasteiger partial charge is 0.347 e. The predicted molar refractivity (Wildman–Crippen MR) is 98.8 cm³/mol. The summed E-state index contributed by atoms with van der Waals surface area (Å²) in [5.74, 6) is 0.0840. The number of anilines is 2. The van der Waals surface area contributed by atoms with Crippen molar-refractivity contribution in [1.29, 1.82) is 0 Å². The van der Waals surface area contributed by atoms with Crippen molar-refractivity contribution in [2.24, 2.45) is 0 Å². The summed E-state index contributed by atoms with van der Waals surface area (Å²) < 4.78 is 13.8. The van der Waals surface area contributed by atoms with Crippen LogP contribution < -0.4 is 10.6 Å². The smallest absolute Gasteiger partial charge is 0.270 e. The molecular weight excluding hydrogens is 331 g/mol. The van der Waals surface area contributed by atoms with Gasteiger partial charge in [0.1, 0.15) is 23.2 Å². The van der Waals surface area contributed by atoms with Crippen LogP contribution in [0.4, 0.5) is 15.9 Å². The van der Waals surface area contributed by atoms with Gasteiger partial charge in [0.05, 0.1) is 5.69 Å². The fourth-order valence-electron chi connectivity index (χ4n) is 2.52. The molecule has 0 fully saturated rings. The number of rotatable bonds is 5. The second-order valence-corrected chi connectivity index (χ2v) is 5.90. The monoisotopic (exact) mass is 350 g/mol. The normalized spacial score (nSPS) is 10.4. The van der Waals surface area contributed by atoms with Gasteiger partial charge in [0.25, 0.3) is 5.91 Å². The highest BCUT2D eigenvalue weighted by molar-refractivity contribution is 5.93. The van der Waals surface area contributed by atoms with Crippen LogP contribution in [0.1, 0.15) is 27.4 Å². The van der Waals surface area contributed by atoms with Crippen molar-refractivity contribution < 1.29 is 9.18 Å². The first kappa shape index (κ1) is 17.5. The molecule has 26 heavy (non-hydrogen) atoms. The number of para-hydroxylation sites is 1. The lowest BCUT2D eigenvalue weighted by Gasteiger charge is -2.10. The molecule has 0 spiro atoms. The van der Waals surface area contributed by atoms with Crippen LogP contribution in [-0.4, -0.2) is 15.9 Å². The van der Waals surface area contributed by atoms with Gasteiger partial charge in [0.15, 0.2) is 0 Å². The second kappa shape index (κ2) is 7.74. The molecule has 1 aromatic heterocycles. The molecule has 3 aromatic rings. The number of hydrogen-bond acceptors (Lipinski definition) is 4. The summed E-state index contributed by atoms with van der Waals surface area (Å²) in [5.41, 5.74) is 2.66. The van der Waals surface area contributed by atoms with Crippen LogP contribution in [0.25, 0.3) is 0 Å². The summed E-state index contributed by atoms with van der Waals surface area (Å²) in [7, 11) is 0. The van der Waals surface area contributed by atoms with Crippen molar-refractivity contribution in [2.75, 3.05) is 5.32 Å². The Morgan fingerprint density at radius 2 is 1.77 bits per heavy atom. The van der Waals surface area contributed by atoms with E-state index in [1.54, 1.807) is 25.1 Å². The molecular formula is C20H19FN4O. The van der Waals surface area contributed by atoms with Gasteiger partial charge in [-0.2, -0.15) is 0 Å². The predicted octanol–water partition coefficient (Wildman–Crippen LogP) is 3.91. The van der Waals surface area contributed by atoms with Crippen molar-refractivity contribution in [3.63, 3.8) is 0 Å². The Bertz CT molecular complexity index is 943. The summed E-state index contributed by atoms with van der Waals surface area (Å²) in [6.07, 6.45) is 0. The summed E-state index contributed by atoms with van der Waals surface area (Å²) in [5, 5.41) is 5.74. The third kappa shape index (κ3) is 4.22. The van der Waals surface area contributed by atoms with E-state index in [0.717, 1.165) is 11.1 Å². The molecule has 6 heteroatoms. The van der Waals surface area contributed by atoms with Crippen molar-refractivity contribution in [3.8, 4) is 0 Å². The highest BCUT2D eigenvalue weighted by Crippen LogP contribution is 2.18. The van der Waals surface area contributed by atoms with E-state index in [9.17, 15) is 9.18 Å². The molecule has 2 aromatic carbocycles. The Labute approximate surface area is 151 Å². The van der Waals surface area contributed by atoms with Crippen LogP contribution in [0, 0.1) is 19.7 Å². The maximum Gasteiger partial charge on any atom is 0.270 e. The Morgan fingerprint density at radius 3 is 2.54 bits per heavy atom. The number of amides is 1. The zero-order chi connectivity index (χ0) is 18.5. The zero-order valence-corrected chi connectivity index (χ0v) is 14.6. The second-order valence-electron chi connectivity index (χ2n) is 5.90. The molecule has 0 radical (unpaired) electrons. The molecule has 1 amide bonds. The fourth-order valence-corrected chi connectivity index (χ4v) is 2.52. The molecule has 0 saturated carbocycles. The van der Waals surface area contributed by atoms with Gasteiger partial charge in [-0.05, 0) is 37.1 Å². The molecule has 5 nitrogen and oxygen atoms in total. The van der Waals surface area contributed by atoms with Crippen LogP contribution in [0.3, 0.4) is 0 Å². The van der Waals surface area contributed by atoms with Crippen LogP contribution in [0.5, 0.6) is 0 Å². The number of halogens is 1. The van der Waals surface area contributed by atoms with Gasteiger partial charge in [0.2, 0.25) is 0 Å². The highest BCUT2D eigenvalue weighted by Gasteiger charge is 2.12. The molecule has 3 rings (SSSR count). The number of nitrogens with one attached hydrogen (secondary N) is 2. The molecule has 0 aliphatic heterocycles. The lowest BCUT2D eigenvalue weighted by atomic mass is 10.1. The first-order chi connectivity index (χ1) is 12.5. The van der Waals surface area contributed by atoms with Gasteiger partial charge in [-0.15, -0.1) is 0 Å². The van der Waals surface area contributed by atoms with E-state index in [1.165, 1.54) is 12.1 Å². The minimum absolute atomic E-state index is 0.227. The number of carbonyl (C=O) groups excluding carboxylic acids is 1. The lowest BCUT2D eigenvalue weighted by Crippen LogP contribution is -2.24. The fraction of sp³-hybridized carbons (Fsp3) is 0.150. The third-order valence-electron chi connectivity index (χ3n) is 3.91. The van der Waals surface area contributed by atoms with Crippen molar-refractivity contribution in [2.45, 2.75) is 20.4 Å². The average molecular weight is 350 g/mol. The minimum Gasteiger partial charge on any atom is -0.347 e. The van der Waals surface area contributed by atoms with Gasteiger partial charge in [-0.3, -0.25) is 4.79 Å². The Kier molecular flexibility index (Phi) is 5.22. The Hall–Kier alpha value is -3.28. The molecule has 0 atom stereocenters. The zero-order valence-electron chi connectivity index (χ0n) is 14.6. The van der Waals surface area contributed by atoms with Gasteiger partial charge >= 0.3 is 0 Å². The molecule has 0 bridgehead atoms. The molecule has 0 unspecified atom stereocenters. The standard InChI is InChI=1S/C20H19FN4O/c1-13-7-3-4-8-15(13)12-22-20(26)18-11-19(24-14(2)23-18)25-17-10-6-5-9-16(17)21/h3-11H,12H2,1-2H3,(H,22,26)(H,23,24,25). The maximum absolute atomic E-state index is 13.8. The van der Waals surface area contributed by atoms with Crippen LogP contribution in [0.2, 0.25) is 0 Å². The number of nitrogens with zero attached hydrogens (tertiary/aromatic N) is 2. The van der Waals surface area contributed by atoms with Crippen LogP contribution in [0.15, 0.2) is 54.6 Å². The quantitative estimate of drug-likeness (QED) is 0.732. The van der Waals surface area contributed by atoms with Crippen LogP contribution in [-0.2, 0) is 6.54 Å². The Balaban J connectivity index is 1.75. The van der Waals surface area contributed by atoms with Gasteiger partial charge in [-0.25, -0.2) is 14.4 Å². The van der Waals surface area contributed by atoms with E-state index in [-0.39, 0.29) is 17.3 Å². The van der Waals surface area contributed by atoms with E-state index in [2.05, 4.69) is 20.6 Å². The molecule has 0 saturated heterocycles. The molecule has 0 aliphatic rings. The first-order valence-electron chi connectivity index (χ1n) is 8.23. The Morgan fingerprint density at radius 1 is 1.04 bits per heavy atom. The number of aryl methyl sites for hydroxylation is 2. The average Bonchev–Trinajstić information content (AvgIpc) is 2.62. The SMILES string of the molecule is Cc1nc(Nc2ccccc2F)cc(C(=O)NCc2ccccc2C)n1. The van der Waals surface area contributed by atoms with E-state index < -0.39 is 5.82 Å². The lowest BCUT2D eigenvalue weighted by molar-refractivity contribution is 0.0945. The van der Waals surface area contributed by atoms with Crippen molar-refractivity contribution in [1.82, 2.24) is 15.3 Å². The summed E-state index contributed by atoms with van der Waals surface area (Å²) in [4.78, 5) is 20.8. The summed E-state index contributed by atoms with van der Waals surface area (Å²) in [6, 6.07) is 15.6. The number of carbonyl (C=O) groups is 1. The van der Waals surface area contributed by atoms with Crippen LogP contribution >= 0.6 is 0 Å². The molecule has 2 N–H and O–H groups in total. The highest BCUT2D eigenvalue weighted by atomic mass is 19.1. The maximum atomic E-state index is 13.8. The molecule has 0 aliphatic carbocycles. The van der Waals surface area contributed by atoms with Gasteiger partial charge < -0.3 is 10.6 Å². The minimum atomic E-state index is -0.394. The van der Waals surface area contributed by atoms with E-state index in [0.29, 0.717) is 18.2 Å².